The highest BCUT2D eigenvalue weighted by Gasteiger charge is 2.41. The van der Waals surface area contributed by atoms with Crippen molar-refractivity contribution in [2.45, 2.75) is 37.9 Å². The lowest BCUT2D eigenvalue weighted by atomic mass is 9.86. The van der Waals surface area contributed by atoms with Crippen molar-refractivity contribution in [3.8, 4) is 0 Å². The number of hydrogen-bond donors (Lipinski definition) is 1. The summed E-state index contributed by atoms with van der Waals surface area (Å²) in [6, 6.07) is 16.9. The second-order valence-electron chi connectivity index (χ2n) is 8.57. The largest absolute Gasteiger partial charge is 0.379 e. The molecule has 0 aromatic heterocycles. The van der Waals surface area contributed by atoms with Gasteiger partial charge in [0.1, 0.15) is 6.17 Å². The minimum atomic E-state index is -0.0467. The van der Waals surface area contributed by atoms with Gasteiger partial charge >= 0.3 is 0 Å². The first-order chi connectivity index (χ1) is 14.8. The molecule has 2 aromatic carbocycles. The molecule has 30 heavy (non-hydrogen) atoms. The fourth-order valence-electron chi connectivity index (χ4n) is 5.25. The highest BCUT2D eigenvalue weighted by molar-refractivity contribution is 5.99. The van der Waals surface area contributed by atoms with Gasteiger partial charge in [0, 0.05) is 24.2 Å². The Balaban J connectivity index is 1.34. The summed E-state index contributed by atoms with van der Waals surface area (Å²) in [5.41, 5.74) is 4.69. The number of carbonyl (C=O) groups excluding carboxylic acids is 1. The second-order valence-corrected chi connectivity index (χ2v) is 8.57. The Bertz CT molecular complexity index is 893. The summed E-state index contributed by atoms with van der Waals surface area (Å²) >= 11 is 0. The first-order valence-corrected chi connectivity index (χ1v) is 11.4. The Morgan fingerprint density at radius 1 is 1.00 bits per heavy atom. The van der Waals surface area contributed by atoms with E-state index in [1.165, 1.54) is 11.1 Å². The zero-order valence-corrected chi connectivity index (χ0v) is 17.6. The number of ether oxygens (including phenoxy) is 1. The summed E-state index contributed by atoms with van der Waals surface area (Å²) in [5, 5.41) is 3.73. The van der Waals surface area contributed by atoms with Crippen LogP contribution in [-0.4, -0.2) is 55.1 Å². The third-order valence-corrected chi connectivity index (χ3v) is 6.76. The average molecular weight is 406 g/mol. The highest BCUT2D eigenvalue weighted by Crippen LogP contribution is 2.43. The smallest absolute Gasteiger partial charge is 0.256 e. The number of nitrogens with one attached hydrogen (secondary N) is 1. The van der Waals surface area contributed by atoms with Crippen LogP contribution in [0.3, 0.4) is 0 Å². The van der Waals surface area contributed by atoms with Crippen molar-refractivity contribution in [1.29, 1.82) is 0 Å². The van der Waals surface area contributed by atoms with Crippen LogP contribution in [0.5, 0.6) is 0 Å². The number of benzene rings is 2. The van der Waals surface area contributed by atoms with Gasteiger partial charge in [-0.15, -0.1) is 0 Å². The van der Waals surface area contributed by atoms with Crippen LogP contribution >= 0.6 is 0 Å². The SMILES string of the molecule is O=C1c2ccccc2[C@@H](NCCCN2CCOCC2)N1[C@@H]1CCCc2ccccc21. The molecule has 1 aliphatic carbocycles. The normalized spacial score (nSPS) is 24.0. The van der Waals surface area contributed by atoms with Crippen molar-refractivity contribution < 1.29 is 9.53 Å². The molecule has 1 amide bonds. The van der Waals surface area contributed by atoms with Gasteiger partial charge in [-0.2, -0.15) is 0 Å². The first-order valence-electron chi connectivity index (χ1n) is 11.4. The van der Waals surface area contributed by atoms with Crippen LogP contribution in [0.4, 0.5) is 0 Å². The zero-order chi connectivity index (χ0) is 20.3. The Labute approximate surface area is 179 Å². The molecule has 5 rings (SSSR count). The molecule has 0 bridgehead atoms. The summed E-state index contributed by atoms with van der Waals surface area (Å²) in [6.07, 6.45) is 4.30. The molecule has 1 saturated heterocycles. The Morgan fingerprint density at radius 2 is 1.77 bits per heavy atom. The van der Waals surface area contributed by atoms with Gasteiger partial charge in [0.25, 0.3) is 5.91 Å². The van der Waals surface area contributed by atoms with Gasteiger partial charge in [-0.3, -0.25) is 15.0 Å². The molecule has 3 aliphatic rings. The predicted molar refractivity (Wildman–Crippen MR) is 117 cm³/mol. The molecular weight excluding hydrogens is 374 g/mol. The number of rotatable bonds is 6. The molecule has 2 heterocycles. The third kappa shape index (κ3) is 3.78. The van der Waals surface area contributed by atoms with Crippen molar-refractivity contribution in [1.82, 2.24) is 15.1 Å². The van der Waals surface area contributed by atoms with Gasteiger partial charge in [-0.25, -0.2) is 0 Å². The van der Waals surface area contributed by atoms with Crippen molar-refractivity contribution >= 4 is 5.91 Å². The van der Waals surface area contributed by atoms with E-state index in [1.54, 1.807) is 0 Å². The molecule has 158 valence electrons. The van der Waals surface area contributed by atoms with Crippen molar-refractivity contribution in [3.05, 3.63) is 70.8 Å². The van der Waals surface area contributed by atoms with Gasteiger partial charge in [0.05, 0.1) is 19.3 Å². The lowest BCUT2D eigenvalue weighted by Crippen LogP contribution is -2.42. The van der Waals surface area contributed by atoms with Gasteiger partial charge in [0.2, 0.25) is 0 Å². The average Bonchev–Trinajstić information content (AvgIpc) is 3.09. The Morgan fingerprint density at radius 3 is 2.63 bits per heavy atom. The van der Waals surface area contributed by atoms with Gasteiger partial charge in [0.15, 0.2) is 0 Å². The molecule has 5 nitrogen and oxygen atoms in total. The van der Waals surface area contributed by atoms with E-state index in [9.17, 15) is 4.79 Å². The topological polar surface area (TPSA) is 44.8 Å². The number of nitrogens with zero attached hydrogens (tertiary/aromatic N) is 2. The molecule has 1 N–H and O–H groups in total. The molecule has 2 aliphatic heterocycles. The van der Waals surface area contributed by atoms with E-state index in [0.717, 1.165) is 76.2 Å². The lowest BCUT2D eigenvalue weighted by molar-refractivity contribution is 0.0365. The van der Waals surface area contributed by atoms with E-state index < -0.39 is 0 Å². The summed E-state index contributed by atoms with van der Waals surface area (Å²) in [6.45, 7) is 5.70. The fraction of sp³-hybridized carbons (Fsp3) is 0.480. The molecule has 1 fully saturated rings. The monoisotopic (exact) mass is 405 g/mol. The fourth-order valence-corrected chi connectivity index (χ4v) is 5.25. The van der Waals surface area contributed by atoms with E-state index in [2.05, 4.69) is 45.4 Å². The van der Waals surface area contributed by atoms with E-state index in [1.807, 2.05) is 18.2 Å². The summed E-state index contributed by atoms with van der Waals surface area (Å²) in [4.78, 5) is 18.0. The number of aryl methyl sites for hydroxylation is 1. The third-order valence-electron chi connectivity index (χ3n) is 6.76. The number of morpholine rings is 1. The maximum Gasteiger partial charge on any atom is 0.256 e. The minimum absolute atomic E-state index is 0.0467. The van der Waals surface area contributed by atoms with Gasteiger partial charge in [-0.05, 0) is 56.0 Å². The zero-order valence-electron chi connectivity index (χ0n) is 17.6. The van der Waals surface area contributed by atoms with Crippen LogP contribution in [0, 0.1) is 0 Å². The minimum Gasteiger partial charge on any atom is -0.379 e. The van der Waals surface area contributed by atoms with Crippen molar-refractivity contribution in [2.75, 3.05) is 39.4 Å². The van der Waals surface area contributed by atoms with Crippen LogP contribution < -0.4 is 5.32 Å². The summed E-state index contributed by atoms with van der Waals surface area (Å²) in [7, 11) is 0. The van der Waals surface area contributed by atoms with Crippen molar-refractivity contribution in [2.24, 2.45) is 0 Å². The second kappa shape index (κ2) is 8.88. The molecule has 0 spiro atoms. The Hall–Kier alpha value is -2.21. The standard InChI is InChI=1S/C25H31N3O2/c29-25-22-11-4-3-10-21(22)24(26-13-6-14-27-15-17-30-18-16-27)28(25)23-12-5-8-19-7-1-2-9-20(19)23/h1-4,7,9-11,23-24,26H,5-6,8,12-18H2/t23-,24+/m1/s1. The molecule has 5 heteroatoms. The number of carbonyl (C=O) groups is 1. The number of hydrogen-bond acceptors (Lipinski definition) is 4. The van der Waals surface area contributed by atoms with E-state index in [-0.39, 0.29) is 18.1 Å². The highest BCUT2D eigenvalue weighted by atomic mass is 16.5. The first kappa shape index (κ1) is 19.7. The maximum atomic E-state index is 13.5. The van der Waals surface area contributed by atoms with E-state index >= 15 is 0 Å². The molecule has 0 saturated carbocycles. The van der Waals surface area contributed by atoms with Crippen LogP contribution in [0.2, 0.25) is 0 Å². The van der Waals surface area contributed by atoms with Crippen LogP contribution in [0.15, 0.2) is 48.5 Å². The number of fused-ring (bicyclic) bond motifs is 2. The Kier molecular flexibility index (Phi) is 5.84. The van der Waals surface area contributed by atoms with E-state index in [0.29, 0.717) is 0 Å². The van der Waals surface area contributed by atoms with Crippen molar-refractivity contribution in [3.63, 3.8) is 0 Å². The summed E-state index contributed by atoms with van der Waals surface area (Å²) < 4.78 is 5.45. The molecule has 0 unspecified atom stereocenters. The van der Waals surface area contributed by atoms with Crippen LogP contribution in [-0.2, 0) is 11.2 Å². The molecule has 2 atom stereocenters. The molecular formula is C25H31N3O2. The van der Waals surface area contributed by atoms with Gasteiger partial charge in [-0.1, -0.05) is 42.5 Å². The lowest BCUT2D eigenvalue weighted by Gasteiger charge is -2.37. The van der Waals surface area contributed by atoms with Crippen LogP contribution in [0.25, 0.3) is 0 Å². The predicted octanol–water partition coefficient (Wildman–Crippen LogP) is 3.53. The van der Waals surface area contributed by atoms with Crippen LogP contribution in [0.1, 0.15) is 58.5 Å². The maximum absolute atomic E-state index is 13.5. The van der Waals surface area contributed by atoms with Gasteiger partial charge < -0.3 is 9.64 Å². The number of amides is 1. The summed E-state index contributed by atoms with van der Waals surface area (Å²) in [5.74, 6) is 0.165. The molecule has 2 aromatic rings. The molecule has 0 radical (unpaired) electrons. The van der Waals surface area contributed by atoms with E-state index in [4.69, 9.17) is 4.74 Å². The quantitative estimate of drug-likeness (QED) is 0.747.